The molecule has 0 bridgehead atoms. The molecule has 1 amide bonds. The number of rotatable bonds is 9. The summed E-state index contributed by atoms with van der Waals surface area (Å²) in [7, 11) is -4.92. The molecule has 0 saturated heterocycles. The third kappa shape index (κ3) is 15.6. The molecule has 0 radical (unpaired) electrons. The highest BCUT2D eigenvalue weighted by atomic mass is 31.2. The van der Waals surface area contributed by atoms with Crippen LogP contribution in [0.15, 0.2) is 0 Å². The lowest BCUT2D eigenvalue weighted by Crippen LogP contribution is -2.20. The lowest BCUT2D eigenvalue weighted by atomic mass is 10.2. The number of hydrogen-bond donors (Lipinski definition) is 1. The lowest BCUT2D eigenvalue weighted by molar-refractivity contribution is -0.223. The number of hydrogen-bond acceptors (Lipinski definition) is 5. The van der Waals surface area contributed by atoms with E-state index < -0.39 is 14.9 Å². The Morgan fingerprint density at radius 3 is 2.56 bits per heavy atom. The molecule has 7 heteroatoms. The maximum atomic E-state index is 10.9. The Bertz CT molecular complexity index is 282. The average molecular weight is 284 g/mol. The first-order valence-electron chi connectivity index (χ1n) is 7.24. The van der Waals surface area contributed by atoms with Crippen molar-refractivity contribution in [3.05, 3.63) is 0 Å². The molecule has 6 nitrogen and oxygen atoms in total. The van der Waals surface area contributed by atoms with E-state index in [-0.39, 0.29) is 12.5 Å². The van der Waals surface area contributed by atoms with Gasteiger partial charge in [-0.2, -0.15) is 0 Å². The minimum absolute atomic E-state index is 0.0480. The molecule has 0 heterocycles. The predicted molar refractivity (Wildman–Crippen MR) is 69.1 cm³/mol. The van der Waals surface area contributed by atoms with Crippen LogP contribution in [0.2, 0.25) is 0 Å². The Morgan fingerprint density at radius 1 is 1.39 bits per heavy atom. The Hall–Kier alpha value is -0.420. The molecule has 1 atom stereocenters. The van der Waals surface area contributed by atoms with E-state index in [0.717, 1.165) is 19.3 Å². The van der Waals surface area contributed by atoms with Crippen LogP contribution in [0.5, 0.6) is 0 Å². The van der Waals surface area contributed by atoms with Gasteiger partial charge in [0.2, 0.25) is 5.91 Å². The van der Waals surface area contributed by atoms with Gasteiger partial charge in [-0.1, -0.05) is 26.7 Å². The Balaban J connectivity index is 0. The monoisotopic (exact) mass is 284 g/mol. The fraction of sp³-hybridized carbons (Fsp3) is 0.909. The number of unbranched alkanes of at least 4 members (excludes halogenated alkanes) is 3. The van der Waals surface area contributed by atoms with Crippen LogP contribution < -0.4 is 10.2 Å². The summed E-state index contributed by atoms with van der Waals surface area (Å²) in [6.45, 7) is 4.46. The third-order valence-electron chi connectivity index (χ3n) is 1.85. The summed E-state index contributed by atoms with van der Waals surface area (Å²) >= 11 is 0. The van der Waals surface area contributed by atoms with Gasteiger partial charge >= 0.3 is 0 Å². The predicted octanol–water partition coefficient (Wildman–Crippen LogP) is 1.84. The number of nitrogens with one attached hydrogen (secondary N) is 1. The highest BCUT2D eigenvalue weighted by Crippen LogP contribution is 2.36. The minimum Gasteiger partial charge on any atom is -0.756 e. The van der Waals surface area contributed by atoms with E-state index in [1.165, 1.54) is 6.92 Å². The fourth-order valence-electron chi connectivity index (χ4n) is 1.06. The molecular weight excluding hydrogens is 257 g/mol. The number of carbonyl (C=O) groups is 1. The first kappa shape index (κ1) is 15.6. The molecule has 0 aromatic carbocycles. The fourth-order valence-corrected chi connectivity index (χ4v) is 1.49. The Labute approximate surface area is 112 Å². The van der Waals surface area contributed by atoms with E-state index in [2.05, 4.69) is 14.4 Å². The van der Waals surface area contributed by atoms with E-state index in [1.54, 1.807) is 6.92 Å². The van der Waals surface area contributed by atoms with Crippen LogP contribution in [0.4, 0.5) is 0 Å². The second-order valence-electron chi connectivity index (χ2n) is 3.31. The van der Waals surface area contributed by atoms with E-state index in [0.29, 0.717) is 19.9 Å². The van der Waals surface area contributed by atoms with Crippen LogP contribution in [0.1, 0.15) is 49.2 Å². The summed E-state index contributed by atoms with van der Waals surface area (Å²) in [5.74, 6) is -0.0480. The molecule has 110 valence electrons. The summed E-state index contributed by atoms with van der Waals surface area (Å²) in [4.78, 5) is 21.4. The number of carbonyl (C=O) groups excluding carboxylic acids is 1. The van der Waals surface area contributed by atoms with Crippen LogP contribution in [0, 0.1) is 0 Å². The van der Waals surface area contributed by atoms with Crippen molar-refractivity contribution in [3.8, 4) is 0 Å². The molecule has 0 aliphatic heterocycles. The zero-order chi connectivity index (χ0) is 15.9. The van der Waals surface area contributed by atoms with E-state index in [1.807, 2.05) is 0 Å². The van der Waals surface area contributed by atoms with Gasteiger partial charge in [0, 0.05) is 21.9 Å². The van der Waals surface area contributed by atoms with Crippen molar-refractivity contribution < 1.29 is 26.0 Å². The van der Waals surface area contributed by atoms with Crippen LogP contribution in [0.25, 0.3) is 0 Å². The lowest BCUT2D eigenvalue weighted by Gasteiger charge is -2.19. The van der Waals surface area contributed by atoms with Gasteiger partial charge in [-0.25, -0.2) is 0 Å². The minimum atomic E-state index is -4.26. The topological polar surface area (TPSA) is 87.7 Å². The highest BCUT2D eigenvalue weighted by molar-refractivity contribution is 7.45. The highest BCUT2D eigenvalue weighted by Gasteiger charge is 2.04. The Kier molecular flexibility index (Phi) is 11.3. The van der Waals surface area contributed by atoms with E-state index in [9.17, 15) is 14.3 Å². The summed E-state index contributed by atoms with van der Waals surface area (Å²) in [6, 6.07) is 0. The quantitative estimate of drug-likeness (QED) is 0.515. The molecule has 0 aromatic heterocycles. The maximum absolute atomic E-state index is 10.9. The van der Waals surface area contributed by atoms with Crippen LogP contribution >= 0.6 is 7.82 Å². The number of amides is 1. The third-order valence-corrected chi connectivity index (χ3v) is 2.67. The van der Waals surface area contributed by atoms with Gasteiger partial charge in [0.25, 0.3) is 7.82 Å². The standard InChI is InChI=1S/C9H20NO5P.C2H6/c1-9(11)10-7-5-3-4-6-8-15-16(12,13)14-2;1-2/h3-8H2,1-2H3,(H,10,11)(H,12,13);1-2H3/p-1/i2D;1D. The molecule has 0 saturated carbocycles. The van der Waals surface area contributed by atoms with Crippen LogP contribution in [0.3, 0.4) is 0 Å². The molecule has 0 aliphatic carbocycles. The van der Waals surface area contributed by atoms with Gasteiger partial charge in [0.15, 0.2) is 0 Å². The molecule has 1 N–H and O–H groups in total. The van der Waals surface area contributed by atoms with Crippen molar-refractivity contribution in [1.82, 2.24) is 5.32 Å². The normalized spacial score (nSPS) is 14.6. The van der Waals surface area contributed by atoms with Crippen molar-refractivity contribution in [2.45, 2.75) is 46.4 Å². The number of phosphoric acid groups is 1. The SMILES string of the molecule is [2H]CC.[2H]COP(=O)([O-])OCCCCCCNC(C)=O. The molecule has 18 heavy (non-hydrogen) atoms. The molecule has 0 spiro atoms. The van der Waals surface area contributed by atoms with Gasteiger partial charge in [-0.05, 0) is 12.8 Å². The summed E-state index contributed by atoms with van der Waals surface area (Å²) in [6.07, 6.45) is 3.18. The van der Waals surface area contributed by atoms with Crippen LogP contribution in [-0.2, 0) is 18.4 Å². The molecular formula is C11H25NO5P-. The molecule has 0 aliphatic rings. The second kappa shape index (κ2) is 13.0. The van der Waals surface area contributed by atoms with Crippen molar-refractivity contribution >= 4 is 13.7 Å². The zero-order valence-electron chi connectivity index (χ0n) is 13.1. The molecule has 1 unspecified atom stereocenters. The first-order valence-corrected chi connectivity index (χ1v) is 7.28. The van der Waals surface area contributed by atoms with E-state index in [4.69, 9.17) is 2.74 Å². The summed E-state index contributed by atoms with van der Waals surface area (Å²) in [5, 5.41) is 2.67. The smallest absolute Gasteiger partial charge is 0.267 e. The maximum Gasteiger partial charge on any atom is 0.267 e. The zero-order valence-corrected chi connectivity index (χ0v) is 12.0. The van der Waals surface area contributed by atoms with Crippen molar-refractivity contribution in [2.24, 2.45) is 0 Å². The molecule has 0 aromatic rings. The van der Waals surface area contributed by atoms with Gasteiger partial charge < -0.3 is 19.3 Å². The largest absolute Gasteiger partial charge is 0.756 e. The second-order valence-corrected chi connectivity index (χ2v) is 4.72. The summed E-state index contributed by atoms with van der Waals surface area (Å²) in [5.41, 5.74) is 0. The number of phosphoric ester groups is 1. The van der Waals surface area contributed by atoms with Crippen LogP contribution in [-0.4, -0.2) is 26.1 Å². The van der Waals surface area contributed by atoms with Crippen molar-refractivity contribution in [1.29, 1.82) is 0 Å². The van der Waals surface area contributed by atoms with Crippen molar-refractivity contribution in [2.75, 3.05) is 20.2 Å². The van der Waals surface area contributed by atoms with E-state index >= 15 is 0 Å². The Morgan fingerprint density at radius 2 is 2.00 bits per heavy atom. The van der Waals surface area contributed by atoms with Crippen molar-refractivity contribution in [3.63, 3.8) is 0 Å². The summed E-state index contributed by atoms with van der Waals surface area (Å²) < 4.78 is 32.2. The van der Waals surface area contributed by atoms with Gasteiger partial charge in [0.05, 0.1) is 7.98 Å². The molecule has 0 rings (SSSR count). The van der Waals surface area contributed by atoms with Gasteiger partial charge in [0.1, 0.15) is 0 Å². The van der Waals surface area contributed by atoms with Gasteiger partial charge in [-0.15, -0.1) is 0 Å². The van der Waals surface area contributed by atoms with Gasteiger partial charge in [-0.3, -0.25) is 9.36 Å². The average Bonchev–Trinajstić information content (AvgIpc) is 2.33. The first-order chi connectivity index (χ1) is 9.39. The molecule has 0 fully saturated rings.